The lowest BCUT2D eigenvalue weighted by Gasteiger charge is -2.06. The van der Waals surface area contributed by atoms with E-state index in [0.29, 0.717) is 11.3 Å². The van der Waals surface area contributed by atoms with Gasteiger partial charge in [0.1, 0.15) is 0 Å². The Morgan fingerprint density at radius 2 is 1.86 bits per heavy atom. The molecule has 0 atom stereocenters. The lowest BCUT2D eigenvalue weighted by Crippen LogP contribution is -2.20. The summed E-state index contributed by atoms with van der Waals surface area (Å²) in [5, 5.41) is 17.5. The van der Waals surface area contributed by atoms with Crippen molar-refractivity contribution in [3.05, 3.63) is 90.9 Å². The van der Waals surface area contributed by atoms with Crippen LogP contribution >= 0.6 is 0 Å². The Morgan fingerprint density at radius 1 is 1.17 bits per heavy atom. The molecule has 3 aromatic rings. The number of rotatable bonds is 5. The van der Waals surface area contributed by atoms with Gasteiger partial charge in [-0.3, -0.25) is 24.8 Å². The highest BCUT2D eigenvalue weighted by Gasteiger charge is 2.13. The van der Waals surface area contributed by atoms with E-state index in [2.05, 4.69) is 15.6 Å². The number of hydrogen-bond acceptors (Lipinski definition) is 5. The van der Waals surface area contributed by atoms with E-state index < -0.39 is 10.8 Å². The quantitative estimate of drug-likeness (QED) is 0.393. The predicted octanol–water partition coefficient (Wildman–Crippen LogP) is 2.76. The standard InChI is InChI=1S/C20H19N5O4/c1-12-4-9-18(13(2)10-12)24-20(27)17(14(3)23-24)11-21-22-19(26)15-5-7-16(8-6-15)25(28)29/h4-11,23H,1-3H3,(H,22,26). The fourth-order valence-corrected chi connectivity index (χ4v) is 2.89. The van der Waals surface area contributed by atoms with Gasteiger partial charge in [-0.2, -0.15) is 5.10 Å². The number of nitrogens with zero attached hydrogens (tertiary/aromatic N) is 3. The van der Waals surface area contributed by atoms with Crippen molar-refractivity contribution >= 4 is 17.8 Å². The summed E-state index contributed by atoms with van der Waals surface area (Å²) in [6.45, 7) is 5.63. The second kappa shape index (κ2) is 7.93. The minimum atomic E-state index is -0.546. The van der Waals surface area contributed by atoms with E-state index in [-0.39, 0.29) is 16.8 Å². The molecule has 0 saturated heterocycles. The van der Waals surface area contributed by atoms with Gasteiger partial charge in [0.15, 0.2) is 0 Å². The van der Waals surface area contributed by atoms with Gasteiger partial charge in [0.25, 0.3) is 17.2 Å². The minimum Gasteiger partial charge on any atom is -0.295 e. The average molecular weight is 393 g/mol. The second-order valence-electron chi connectivity index (χ2n) is 6.58. The van der Waals surface area contributed by atoms with Crippen LogP contribution in [-0.4, -0.2) is 26.8 Å². The first-order valence-electron chi connectivity index (χ1n) is 8.75. The molecular formula is C20H19N5O4. The molecule has 0 aliphatic carbocycles. The Morgan fingerprint density at radius 3 is 2.48 bits per heavy atom. The number of carbonyl (C=O) groups excluding carboxylic acids is 1. The van der Waals surface area contributed by atoms with Crippen LogP contribution in [0.3, 0.4) is 0 Å². The molecule has 0 unspecified atom stereocenters. The number of benzene rings is 2. The zero-order valence-corrected chi connectivity index (χ0v) is 16.1. The van der Waals surface area contributed by atoms with E-state index >= 15 is 0 Å². The van der Waals surface area contributed by atoms with Gasteiger partial charge < -0.3 is 0 Å². The van der Waals surface area contributed by atoms with E-state index in [1.165, 1.54) is 35.2 Å². The second-order valence-corrected chi connectivity index (χ2v) is 6.58. The lowest BCUT2D eigenvalue weighted by molar-refractivity contribution is -0.384. The van der Waals surface area contributed by atoms with Crippen molar-refractivity contribution in [1.82, 2.24) is 15.2 Å². The third kappa shape index (κ3) is 4.13. The van der Waals surface area contributed by atoms with Gasteiger partial charge in [-0.1, -0.05) is 17.7 Å². The number of nitrogens with one attached hydrogen (secondary N) is 2. The molecule has 0 aliphatic heterocycles. The van der Waals surface area contributed by atoms with E-state index in [1.807, 2.05) is 32.0 Å². The number of hydrazone groups is 1. The number of aromatic amines is 1. The van der Waals surface area contributed by atoms with Gasteiger partial charge in [-0.05, 0) is 44.5 Å². The number of amides is 1. The van der Waals surface area contributed by atoms with Gasteiger partial charge in [0, 0.05) is 23.4 Å². The number of nitro groups is 1. The van der Waals surface area contributed by atoms with E-state index in [0.717, 1.165) is 16.8 Å². The molecule has 0 spiro atoms. The minimum absolute atomic E-state index is 0.111. The van der Waals surface area contributed by atoms with Crippen molar-refractivity contribution in [2.24, 2.45) is 5.10 Å². The van der Waals surface area contributed by atoms with Crippen LogP contribution < -0.4 is 11.0 Å². The molecule has 0 radical (unpaired) electrons. The van der Waals surface area contributed by atoms with Gasteiger partial charge >= 0.3 is 0 Å². The first kappa shape index (κ1) is 19.7. The monoisotopic (exact) mass is 393 g/mol. The normalized spacial score (nSPS) is 11.0. The van der Waals surface area contributed by atoms with Crippen molar-refractivity contribution in [1.29, 1.82) is 0 Å². The van der Waals surface area contributed by atoms with Gasteiger partial charge in [-0.15, -0.1) is 0 Å². The fraction of sp³-hybridized carbons (Fsp3) is 0.150. The van der Waals surface area contributed by atoms with Crippen molar-refractivity contribution in [2.75, 3.05) is 0 Å². The van der Waals surface area contributed by atoms with Crippen LogP contribution in [-0.2, 0) is 0 Å². The molecule has 2 N–H and O–H groups in total. The van der Waals surface area contributed by atoms with Gasteiger partial charge in [0.05, 0.1) is 22.4 Å². The Labute approximate surface area is 165 Å². The summed E-state index contributed by atoms with van der Waals surface area (Å²) >= 11 is 0. The smallest absolute Gasteiger partial charge is 0.280 e. The fourth-order valence-electron chi connectivity index (χ4n) is 2.89. The molecule has 29 heavy (non-hydrogen) atoms. The Bertz CT molecular complexity index is 1170. The molecule has 2 aromatic carbocycles. The third-order valence-corrected chi connectivity index (χ3v) is 4.41. The van der Waals surface area contributed by atoms with Crippen LogP contribution in [0.15, 0.2) is 52.4 Å². The van der Waals surface area contributed by atoms with Gasteiger partial charge in [0.2, 0.25) is 0 Å². The van der Waals surface area contributed by atoms with Crippen molar-refractivity contribution in [3.63, 3.8) is 0 Å². The van der Waals surface area contributed by atoms with Gasteiger partial charge in [-0.25, -0.2) is 10.1 Å². The Kier molecular flexibility index (Phi) is 5.40. The number of non-ortho nitro benzene ring substituents is 1. The number of aromatic nitrogens is 2. The summed E-state index contributed by atoms with van der Waals surface area (Å²) in [6.07, 6.45) is 1.28. The molecule has 0 bridgehead atoms. The average Bonchev–Trinajstić information content (AvgIpc) is 2.96. The van der Waals surface area contributed by atoms with Crippen LogP contribution in [0, 0.1) is 30.9 Å². The molecule has 3 rings (SSSR count). The molecule has 9 nitrogen and oxygen atoms in total. The van der Waals surface area contributed by atoms with Crippen molar-refractivity contribution < 1.29 is 9.72 Å². The summed E-state index contributed by atoms with van der Waals surface area (Å²) in [5.41, 5.74) is 5.82. The molecular weight excluding hydrogens is 374 g/mol. The first-order valence-corrected chi connectivity index (χ1v) is 8.75. The molecule has 0 saturated carbocycles. The summed E-state index contributed by atoms with van der Waals surface area (Å²) in [7, 11) is 0. The highest BCUT2D eigenvalue weighted by atomic mass is 16.6. The molecule has 1 amide bonds. The molecule has 0 aliphatic rings. The van der Waals surface area contributed by atoms with E-state index in [4.69, 9.17) is 0 Å². The summed E-state index contributed by atoms with van der Waals surface area (Å²) < 4.78 is 1.43. The Hall–Kier alpha value is -4.01. The maximum Gasteiger partial charge on any atom is 0.280 e. The number of carbonyl (C=O) groups is 1. The molecule has 9 heteroatoms. The van der Waals surface area contributed by atoms with Crippen LogP contribution in [0.2, 0.25) is 0 Å². The summed E-state index contributed by atoms with van der Waals surface area (Å²) in [6, 6.07) is 10.9. The number of aryl methyl sites for hydroxylation is 3. The van der Waals surface area contributed by atoms with Crippen LogP contribution in [0.4, 0.5) is 5.69 Å². The van der Waals surface area contributed by atoms with Crippen molar-refractivity contribution in [3.8, 4) is 5.69 Å². The van der Waals surface area contributed by atoms with E-state index in [1.54, 1.807) is 6.92 Å². The zero-order chi connectivity index (χ0) is 21.1. The topological polar surface area (TPSA) is 122 Å². The molecule has 148 valence electrons. The van der Waals surface area contributed by atoms with E-state index in [9.17, 15) is 19.7 Å². The first-order chi connectivity index (χ1) is 13.8. The van der Waals surface area contributed by atoms with Crippen molar-refractivity contribution in [2.45, 2.75) is 20.8 Å². The maximum absolute atomic E-state index is 12.7. The largest absolute Gasteiger partial charge is 0.295 e. The third-order valence-electron chi connectivity index (χ3n) is 4.41. The number of H-pyrrole nitrogens is 1. The molecule has 1 heterocycles. The number of hydrogen-bond donors (Lipinski definition) is 2. The van der Waals surface area contributed by atoms with Crippen LogP contribution in [0.5, 0.6) is 0 Å². The van der Waals surface area contributed by atoms with Crippen LogP contribution in [0.25, 0.3) is 5.69 Å². The Balaban J connectivity index is 1.79. The van der Waals surface area contributed by atoms with Crippen LogP contribution in [0.1, 0.15) is 32.7 Å². The predicted molar refractivity (Wildman–Crippen MR) is 109 cm³/mol. The summed E-state index contributed by atoms with van der Waals surface area (Å²) in [5.74, 6) is -0.543. The molecule has 0 fully saturated rings. The highest BCUT2D eigenvalue weighted by molar-refractivity contribution is 5.95. The highest BCUT2D eigenvalue weighted by Crippen LogP contribution is 2.14. The summed E-state index contributed by atoms with van der Waals surface area (Å²) in [4.78, 5) is 35.0. The SMILES string of the molecule is Cc1ccc(-n2[nH]c(C)c(C=NNC(=O)c3ccc([N+](=O)[O-])cc3)c2=O)c(C)c1. The maximum atomic E-state index is 12.7. The molecule has 1 aromatic heterocycles. The lowest BCUT2D eigenvalue weighted by atomic mass is 10.1. The zero-order valence-electron chi connectivity index (χ0n) is 16.1. The number of nitro benzene ring substituents is 1.